The van der Waals surface area contributed by atoms with Crippen LogP contribution in [0.2, 0.25) is 0 Å². The van der Waals surface area contributed by atoms with Crippen LogP contribution in [0.5, 0.6) is 0 Å². The summed E-state index contributed by atoms with van der Waals surface area (Å²) in [4.78, 5) is 23.8. The van der Waals surface area contributed by atoms with E-state index in [2.05, 4.69) is 4.74 Å². The Morgan fingerprint density at radius 1 is 1.13 bits per heavy atom. The highest BCUT2D eigenvalue weighted by Crippen LogP contribution is 2.26. The van der Waals surface area contributed by atoms with E-state index in [1.54, 1.807) is 32.9 Å². The number of ether oxygens (including phenoxy) is 2. The van der Waals surface area contributed by atoms with Crippen molar-refractivity contribution < 1.29 is 23.5 Å². The van der Waals surface area contributed by atoms with E-state index in [0.29, 0.717) is 5.69 Å². The van der Waals surface area contributed by atoms with Crippen molar-refractivity contribution in [3.63, 3.8) is 0 Å². The number of nitrogens with zero attached hydrogens (tertiary/aromatic N) is 1. The first-order valence-corrected chi connectivity index (χ1v) is 7.02. The predicted octanol–water partition coefficient (Wildman–Crippen LogP) is 3.86. The van der Waals surface area contributed by atoms with Crippen LogP contribution in [0.4, 0.5) is 9.18 Å². The van der Waals surface area contributed by atoms with E-state index in [9.17, 15) is 14.0 Å². The fraction of sp³-hybridized carbons (Fsp3) is 0.294. The molecule has 0 amide bonds. The largest absolute Gasteiger partial charge is 0.465 e. The molecule has 0 saturated heterocycles. The maximum atomic E-state index is 14.6. The van der Waals surface area contributed by atoms with E-state index in [1.165, 1.54) is 36.1 Å². The Hall–Kier alpha value is -2.63. The van der Waals surface area contributed by atoms with Gasteiger partial charge in [-0.15, -0.1) is 0 Å². The first-order valence-electron chi connectivity index (χ1n) is 7.02. The van der Waals surface area contributed by atoms with Crippen molar-refractivity contribution in [3.05, 3.63) is 47.9 Å². The molecule has 0 bridgehead atoms. The Morgan fingerprint density at radius 3 is 2.43 bits per heavy atom. The van der Waals surface area contributed by atoms with Crippen LogP contribution in [0, 0.1) is 5.82 Å². The number of methoxy groups -OCH3 is 1. The van der Waals surface area contributed by atoms with Crippen LogP contribution in [-0.4, -0.2) is 29.3 Å². The molecule has 1 aromatic carbocycles. The minimum Gasteiger partial charge on any atom is -0.465 e. The van der Waals surface area contributed by atoms with Gasteiger partial charge in [-0.25, -0.2) is 14.0 Å². The Morgan fingerprint density at radius 2 is 1.83 bits per heavy atom. The maximum absolute atomic E-state index is 14.6. The molecule has 0 aliphatic heterocycles. The lowest BCUT2D eigenvalue weighted by atomic mass is 10.1. The first kappa shape index (κ1) is 16.7. The summed E-state index contributed by atoms with van der Waals surface area (Å²) in [5.74, 6) is -1.53. The van der Waals surface area contributed by atoms with E-state index in [-0.39, 0.29) is 11.1 Å². The molecular weight excluding hydrogens is 301 g/mol. The lowest BCUT2D eigenvalue weighted by Gasteiger charge is -2.20. The van der Waals surface area contributed by atoms with Crippen molar-refractivity contribution >= 4 is 12.1 Å². The van der Waals surface area contributed by atoms with Gasteiger partial charge in [-0.1, -0.05) is 6.07 Å². The maximum Gasteiger partial charge on any atom is 0.418 e. The molecule has 0 unspecified atom stereocenters. The quantitative estimate of drug-likeness (QED) is 0.789. The molecule has 5 nitrogen and oxygen atoms in total. The van der Waals surface area contributed by atoms with Crippen LogP contribution < -0.4 is 0 Å². The van der Waals surface area contributed by atoms with Gasteiger partial charge in [0.15, 0.2) is 0 Å². The van der Waals surface area contributed by atoms with Gasteiger partial charge in [-0.3, -0.25) is 4.57 Å². The molecule has 0 N–H and O–H groups in total. The van der Waals surface area contributed by atoms with E-state index < -0.39 is 23.5 Å². The summed E-state index contributed by atoms with van der Waals surface area (Å²) in [5, 5.41) is 0. The van der Waals surface area contributed by atoms with Gasteiger partial charge in [0, 0.05) is 11.8 Å². The van der Waals surface area contributed by atoms with Crippen molar-refractivity contribution in [1.82, 2.24) is 4.57 Å². The molecule has 23 heavy (non-hydrogen) atoms. The third-order valence-electron chi connectivity index (χ3n) is 3.02. The average molecular weight is 319 g/mol. The molecule has 0 atom stereocenters. The third-order valence-corrected chi connectivity index (χ3v) is 3.02. The number of halogens is 1. The van der Waals surface area contributed by atoms with Crippen LogP contribution in [-0.2, 0) is 9.47 Å². The topological polar surface area (TPSA) is 57.5 Å². The summed E-state index contributed by atoms with van der Waals surface area (Å²) in [5.41, 5.74) is -0.460. The molecule has 0 radical (unpaired) electrons. The lowest BCUT2D eigenvalue weighted by Crippen LogP contribution is -2.27. The molecule has 0 spiro atoms. The number of esters is 1. The van der Waals surface area contributed by atoms with E-state index in [4.69, 9.17) is 4.74 Å². The predicted molar refractivity (Wildman–Crippen MR) is 82.8 cm³/mol. The van der Waals surface area contributed by atoms with E-state index in [0.717, 1.165) is 0 Å². The monoisotopic (exact) mass is 319 g/mol. The van der Waals surface area contributed by atoms with E-state index >= 15 is 0 Å². The van der Waals surface area contributed by atoms with Gasteiger partial charge in [0.25, 0.3) is 0 Å². The normalized spacial score (nSPS) is 11.2. The van der Waals surface area contributed by atoms with Crippen LogP contribution in [0.1, 0.15) is 31.1 Å². The van der Waals surface area contributed by atoms with Crippen LogP contribution in [0.3, 0.4) is 0 Å². The number of carbonyl (C=O) groups is 2. The number of aromatic nitrogens is 1. The van der Waals surface area contributed by atoms with Crippen molar-refractivity contribution in [1.29, 1.82) is 0 Å². The van der Waals surface area contributed by atoms with Crippen molar-refractivity contribution in [2.75, 3.05) is 7.11 Å². The molecule has 1 heterocycles. The van der Waals surface area contributed by atoms with Crippen LogP contribution in [0.25, 0.3) is 11.3 Å². The Kier molecular flexibility index (Phi) is 4.54. The van der Waals surface area contributed by atoms with Crippen LogP contribution >= 0.6 is 0 Å². The molecule has 1 aromatic heterocycles. The fourth-order valence-corrected chi connectivity index (χ4v) is 2.07. The fourth-order valence-electron chi connectivity index (χ4n) is 2.07. The summed E-state index contributed by atoms with van der Waals surface area (Å²) in [6, 6.07) is 7.51. The molecular formula is C17H18FNO4. The highest BCUT2D eigenvalue weighted by molar-refractivity contribution is 5.91. The summed E-state index contributed by atoms with van der Waals surface area (Å²) in [7, 11) is 1.18. The number of hydrogen-bond acceptors (Lipinski definition) is 4. The van der Waals surface area contributed by atoms with Crippen molar-refractivity contribution in [2.24, 2.45) is 0 Å². The molecule has 0 aliphatic carbocycles. The highest BCUT2D eigenvalue weighted by Gasteiger charge is 2.23. The molecule has 2 aromatic rings. The van der Waals surface area contributed by atoms with Gasteiger partial charge < -0.3 is 9.47 Å². The zero-order chi connectivity index (χ0) is 17.2. The SMILES string of the molecule is COC(=O)c1cccc(-c2cccn2C(=O)OC(C)(C)C)c1F. The van der Waals surface area contributed by atoms with Gasteiger partial charge in [-0.2, -0.15) is 0 Å². The smallest absolute Gasteiger partial charge is 0.418 e. The second kappa shape index (κ2) is 6.24. The number of carbonyl (C=O) groups excluding carboxylic acids is 2. The van der Waals surface area contributed by atoms with Crippen molar-refractivity contribution in [3.8, 4) is 11.3 Å². The molecule has 0 fully saturated rings. The van der Waals surface area contributed by atoms with Crippen LogP contribution in [0.15, 0.2) is 36.5 Å². The van der Waals surface area contributed by atoms with Gasteiger partial charge in [0.2, 0.25) is 0 Å². The molecule has 6 heteroatoms. The Balaban J connectivity index is 2.47. The van der Waals surface area contributed by atoms with Gasteiger partial charge in [-0.05, 0) is 45.0 Å². The zero-order valence-corrected chi connectivity index (χ0v) is 13.4. The Bertz CT molecular complexity index is 743. The number of benzene rings is 1. The number of rotatable bonds is 2. The summed E-state index contributed by atoms with van der Waals surface area (Å²) in [6.07, 6.45) is 0.855. The molecule has 0 saturated carbocycles. The minimum atomic E-state index is -0.778. The molecule has 0 aliphatic rings. The van der Waals surface area contributed by atoms with Gasteiger partial charge in [0.1, 0.15) is 11.4 Å². The second-order valence-electron chi connectivity index (χ2n) is 5.90. The summed E-state index contributed by atoms with van der Waals surface area (Å²) < 4.78 is 25.6. The number of hydrogen-bond donors (Lipinski definition) is 0. The zero-order valence-electron chi connectivity index (χ0n) is 13.4. The van der Waals surface area contributed by atoms with Gasteiger partial charge in [0.05, 0.1) is 18.4 Å². The van der Waals surface area contributed by atoms with Gasteiger partial charge >= 0.3 is 12.1 Å². The lowest BCUT2D eigenvalue weighted by molar-refractivity contribution is 0.0539. The third kappa shape index (κ3) is 3.59. The second-order valence-corrected chi connectivity index (χ2v) is 5.90. The molecule has 122 valence electrons. The first-order chi connectivity index (χ1) is 10.7. The highest BCUT2D eigenvalue weighted by atomic mass is 19.1. The average Bonchev–Trinajstić information content (AvgIpc) is 2.94. The van der Waals surface area contributed by atoms with E-state index in [1.807, 2.05) is 0 Å². The Labute approximate surface area is 133 Å². The summed E-state index contributed by atoms with van der Waals surface area (Å²) in [6.45, 7) is 5.23. The summed E-state index contributed by atoms with van der Waals surface area (Å²) >= 11 is 0. The standard InChI is InChI=1S/C17H18FNO4/c1-17(2,3)23-16(21)19-10-6-9-13(19)11-7-5-8-12(14(11)18)15(20)22-4/h5-10H,1-4H3. The van der Waals surface area contributed by atoms with Crippen molar-refractivity contribution in [2.45, 2.75) is 26.4 Å². The minimum absolute atomic E-state index is 0.115. The molecule has 2 rings (SSSR count).